The third-order valence-electron chi connectivity index (χ3n) is 2.16. The summed E-state index contributed by atoms with van der Waals surface area (Å²) >= 11 is 0. The van der Waals surface area contributed by atoms with Crippen LogP contribution in [-0.4, -0.2) is 36.4 Å². The number of sulfonamides is 1. The predicted octanol–water partition coefficient (Wildman–Crippen LogP) is 1.86. The first-order chi connectivity index (χ1) is 9.11. The number of pyridine rings is 1. The zero-order valence-corrected chi connectivity index (χ0v) is 10.8. The van der Waals surface area contributed by atoms with Crippen molar-refractivity contribution in [3.05, 3.63) is 23.9 Å². The molecule has 0 amide bonds. The van der Waals surface area contributed by atoms with Gasteiger partial charge >= 0.3 is 12.1 Å². The van der Waals surface area contributed by atoms with Crippen LogP contribution in [0.15, 0.2) is 18.3 Å². The van der Waals surface area contributed by atoms with E-state index < -0.39 is 46.6 Å². The zero-order valence-electron chi connectivity index (χ0n) is 10.0. The second-order valence-corrected chi connectivity index (χ2v) is 5.69. The van der Waals surface area contributed by atoms with Crippen molar-refractivity contribution in [2.24, 2.45) is 0 Å². The number of nitrogens with one attached hydrogen (secondary N) is 1. The average Bonchev–Trinajstić information content (AvgIpc) is 2.26. The summed E-state index contributed by atoms with van der Waals surface area (Å²) in [6.07, 6.45) is -5.12. The van der Waals surface area contributed by atoms with E-state index in [1.54, 1.807) is 0 Å². The fraction of sp³-hybridized carbons (Fsp3) is 0.400. The number of hydrogen-bond donors (Lipinski definition) is 2. The molecule has 0 aliphatic heterocycles. The molecular weight excluding hydrogens is 301 g/mol. The Bertz CT molecular complexity index is 586. The van der Waals surface area contributed by atoms with Crippen molar-refractivity contribution < 1.29 is 31.5 Å². The van der Waals surface area contributed by atoms with Crippen LogP contribution in [0.5, 0.6) is 0 Å². The summed E-state index contributed by atoms with van der Waals surface area (Å²) in [6, 6.07) is 2.42. The third kappa shape index (κ3) is 5.43. The van der Waals surface area contributed by atoms with Crippen molar-refractivity contribution in [1.29, 1.82) is 0 Å². The van der Waals surface area contributed by atoms with Crippen LogP contribution < -0.4 is 4.72 Å². The number of hydrogen-bond acceptors (Lipinski definition) is 4. The molecule has 2 N–H and O–H groups in total. The van der Waals surface area contributed by atoms with Crippen LogP contribution in [0.3, 0.4) is 0 Å². The van der Waals surface area contributed by atoms with Gasteiger partial charge in [-0.1, -0.05) is 0 Å². The maximum Gasteiger partial charge on any atom is 0.389 e. The van der Waals surface area contributed by atoms with E-state index in [1.807, 2.05) is 4.72 Å². The van der Waals surface area contributed by atoms with E-state index >= 15 is 0 Å². The van der Waals surface area contributed by atoms with Crippen LogP contribution in [-0.2, 0) is 10.0 Å². The van der Waals surface area contributed by atoms with Crippen molar-refractivity contribution in [2.45, 2.75) is 19.0 Å². The quantitative estimate of drug-likeness (QED) is 0.836. The summed E-state index contributed by atoms with van der Waals surface area (Å²) in [4.78, 5) is 14.4. The van der Waals surface area contributed by atoms with Gasteiger partial charge < -0.3 is 5.11 Å². The summed E-state index contributed by atoms with van der Waals surface area (Å²) in [5, 5.41) is 8.82. The lowest BCUT2D eigenvalue weighted by Crippen LogP contribution is -2.21. The van der Waals surface area contributed by atoms with E-state index in [0.29, 0.717) is 0 Å². The lowest BCUT2D eigenvalue weighted by atomic mass is 10.3. The predicted molar refractivity (Wildman–Crippen MR) is 63.9 cm³/mol. The number of carboxylic acid groups (broad SMARTS) is 1. The summed E-state index contributed by atoms with van der Waals surface area (Å²) < 4.78 is 60.7. The number of alkyl halides is 3. The Hall–Kier alpha value is -1.84. The van der Waals surface area contributed by atoms with Crippen molar-refractivity contribution >= 4 is 21.8 Å². The molecule has 0 radical (unpaired) electrons. The van der Waals surface area contributed by atoms with Gasteiger partial charge in [0.25, 0.3) is 0 Å². The van der Waals surface area contributed by atoms with Gasteiger partial charge in [0, 0.05) is 12.6 Å². The molecule has 1 heterocycles. The van der Waals surface area contributed by atoms with Crippen molar-refractivity contribution in [3.8, 4) is 0 Å². The van der Waals surface area contributed by atoms with Gasteiger partial charge in [0.15, 0.2) is 5.82 Å². The normalized spacial score (nSPS) is 12.2. The molecule has 0 spiro atoms. The van der Waals surface area contributed by atoms with Crippen LogP contribution in [0.1, 0.15) is 23.2 Å². The van der Waals surface area contributed by atoms with E-state index in [1.165, 1.54) is 12.3 Å². The van der Waals surface area contributed by atoms with Gasteiger partial charge in [0.1, 0.15) is 5.56 Å². The Morgan fingerprint density at radius 1 is 1.40 bits per heavy atom. The highest BCUT2D eigenvalue weighted by Gasteiger charge is 2.27. The van der Waals surface area contributed by atoms with Crippen LogP contribution in [0.25, 0.3) is 0 Å². The summed E-state index contributed by atoms with van der Waals surface area (Å²) in [6.45, 7) is 0. The fourth-order valence-corrected chi connectivity index (χ4v) is 2.40. The molecule has 1 aromatic rings. The van der Waals surface area contributed by atoms with E-state index in [9.17, 15) is 26.4 Å². The number of halogens is 3. The number of carboxylic acids is 1. The second kappa shape index (κ2) is 6.07. The minimum Gasteiger partial charge on any atom is -0.478 e. The largest absolute Gasteiger partial charge is 0.478 e. The Balaban J connectivity index is 2.74. The molecule has 0 fully saturated rings. The molecule has 0 bridgehead atoms. The highest BCUT2D eigenvalue weighted by atomic mass is 32.2. The molecule has 0 saturated heterocycles. The molecule has 20 heavy (non-hydrogen) atoms. The van der Waals surface area contributed by atoms with Gasteiger partial charge in [0.05, 0.1) is 5.75 Å². The van der Waals surface area contributed by atoms with Gasteiger partial charge in [-0.15, -0.1) is 0 Å². The molecular formula is C10H11F3N2O4S. The first-order valence-corrected chi connectivity index (χ1v) is 7.01. The van der Waals surface area contributed by atoms with E-state index in [0.717, 1.165) is 6.07 Å². The third-order valence-corrected chi connectivity index (χ3v) is 3.49. The summed E-state index contributed by atoms with van der Waals surface area (Å²) in [5.74, 6) is -2.60. The Kier molecular flexibility index (Phi) is 4.93. The van der Waals surface area contributed by atoms with Crippen LogP contribution >= 0.6 is 0 Å². The molecule has 0 aliphatic rings. The minimum absolute atomic E-state index is 0.383. The number of anilines is 1. The van der Waals surface area contributed by atoms with Gasteiger partial charge in [-0.2, -0.15) is 13.2 Å². The molecule has 1 rings (SSSR count). The average molecular weight is 312 g/mol. The molecule has 0 atom stereocenters. The van der Waals surface area contributed by atoms with Gasteiger partial charge in [-0.3, -0.25) is 4.72 Å². The molecule has 6 nitrogen and oxygen atoms in total. The Morgan fingerprint density at radius 3 is 2.60 bits per heavy atom. The molecule has 0 aliphatic carbocycles. The number of aromatic carboxylic acids is 1. The topological polar surface area (TPSA) is 96.4 Å². The molecule has 1 aromatic heterocycles. The molecule has 0 unspecified atom stereocenters. The summed E-state index contributed by atoms with van der Waals surface area (Å²) in [7, 11) is -4.09. The molecule has 112 valence electrons. The molecule has 0 aromatic carbocycles. The first-order valence-electron chi connectivity index (χ1n) is 5.36. The number of aromatic nitrogens is 1. The van der Waals surface area contributed by atoms with Crippen molar-refractivity contribution in [3.63, 3.8) is 0 Å². The first kappa shape index (κ1) is 16.2. The van der Waals surface area contributed by atoms with Gasteiger partial charge in [-0.25, -0.2) is 18.2 Å². The molecule has 10 heteroatoms. The molecule has 0 saturated carbocycles. The van der Waals surface area contributed by atoms with Crippen LogP contribution in [0.4, 0.5) is 19.0 Å². The van der Waals surface area contributed by atoms with E-state index in [-0.39, 0.29) is 5.56 Å². The number of rotatable bonds is 6. The van der Waals surface area contributed by atoms with Crippen LogP contribution in [0, 0.1) is 0 Å². The second-order valence-electron chi connectivity index (χ2n) is 3.84. The highest BCUT2D eigenvalue weighted by molar-refractivity contribution is 7.92. The monoisotopic (exact) mass is 312 g/mol. The lowest BCUT2D eigenvalue weighted by Gasteiger charge is -2.10. The zero-order chi connectivity index (χ0) is 15.4. The van der Waals surface area contributed by atoms with Crippen molar-refractivity contribution in [2.75, 3.05) is 10.5 Å². The Labute approximate surface area is 112 Å². The Morgan fingerprint density at radius 2 is 2.05 bits per heavy atom. The maximum absolute atomic E-state index is 11.9. The van der Waals surface area contributed by atoms with Crippen molar-refractivity contribution in [1.82, 2.24) is 4.98 Å². The maximum atomic E-state index is 11.9. The highest BCUT2D eigenvalue weighted by Crippen LogP contribution is 2.22. The smallest absolute Gasteiger partial charge is 0.389 e. The SMILES string of the molecule is O=C(O)c1cccnc1NS(=O)(=O)CCCC(F)(F)F. The lowest BCUT2D eigenvalue weighted by molar-refractivity contribution is -0.134. The standard InChI is InChI=1S/C10H11F3N2O4S/c11-10(12,13)4-2-6-20(18,19)15-8-7(9(16)17)3-1-5-14-8/h1,3,5H,2,4,6H2,(H,14,15)(H,16,17). The van der Waals surface area contributed by atoms with E-state index in [4.69, 9.17) is 5.11 Å². The minimum atomic E-state index is -4.44. The number of carbonyl (C=O) groups is 1. The number of nitrogens with zero attached hydrogens (tertiary/aromatic N) is 1. The van der Waals surface area contributed by atoms with Gasteiger partial charge in [0.2, 0.25) is 10.0 Å². The fourth-order valence-electron chi connectivity index (χ4n) is 1.32. The summed E-state index contributed by atoms with van der Waals surface area (Å²) in [5.41, 5.74) is -0.383. The van der Waals surface area contributed by atoms with E-state index in [2.05, 4.69) is 4.98 Å². The van der Waals surface area contributed by atoms with Crippen LogP contribution in [0.2, 0.25) is 0 Å². The van der Waals surface area contributed by atoms with Gasteiger partial charge in [-0.05, 0) is 18.6 Å².